The molecule has 0 unspecified atom stereocenters. The highest BCUT2D eigenvalue weighted by Gasteiger charge is 2.43. The van der Waals surface area contributed by atoms with Crippen molar-refractivity contribution in [1.29, 1.82) is 0 Å². The van der Waals surface area contributed by atoms with E-state index in [9.17, 15) is 0 Å². The van der Waals surface area contributed by atoms with Crippen LogP contribution in [0.1, 0.15) is 11.1 Å². The molecule has 0 aromatic heterocycles. The van der Waals surface area contributed by atoms with Gasteiger partial charge in [-0.1, -0.05) is 81.2 Å². The maximum atomic E-state index is 6.07. The molecule has 0 bridgehead atoms. The molecule has 0 radical (unpaired) electrons. The minimum Gasteiger partial charge on any atom is -0.0898 e. The van der Waals surface area contributed by atoms with Crippen LogP contribution in [0.25, 0.3) is 5.03 Å². The van der Waals surface area contributed by atoms with Gasteiger partial charge in [0.05, 0.1) is 25.1 Å². The standard InChI is InChI=1S/C9HCl7/c10-3-1-2-4(6(12)5(3)11)7(13)8(14)9(2,15)16/h1H. The number of hydrogen-bond acceptors (Lipinski definition) is 0. The number of rotatable bonds is 0. The van der Waals surface area contributed by atoms with Crippen LogP contribution < -0.4 is 0 Å². The molecule has 86 valence electrons. The van der Waals surface area contributed by atoms with Crippen molar-refractivity contribution in [2.45, 2.75) is 4.33 Å². The Bertz CT molecular complexity index is 515. The SMILES string of the molecule is ClC1=C(Cl)C(Cl)(Cl)c2cc(Cl)c(Cl)c(Cl)c21. The molecule has 0 aliphatic heterocycles. The van der Waals surface area contributed by atoms with Gasteiger partial charge in [0.1, 0.15) is 0 Å². The second kappa shape index (κ2) is 4.28. The van der Waals surface area contributed by atoms with Gasteiger partial charge in [-0.05, 0) is 6.07 Å². The summed E-state index contributed by atoms with van der Waals surface area (Å²) in [4.78, 5) is 0. The molecule has 2 rings (SSSR count). The van der Waals surface area contributed by atoms with E-state index in [4.69, 9.17) is 81.2 Å². The second-order valence-corrected chi connectivity index (χ2v) is 6.36. The lowest BCUT2D eigenvalue weighted by atomic mass is 10.1. The molecule has 0 atom stereocenters. The molecular weight excluding hydrogens is 356 g/mol. The zero-order valence-corrected chi connectivity index (χ0v) is 12.5. The lowest BCUT2D eigenvalue weighted by molar-refractivity contribution is 1.11. The summed E-state index contributed by atoms with van der Waals surface area (Å²) in [5, 5.41) is 0.899. The zero-order chi connectivity index (χ0) is 12.2. The van der Waals surface area contributed by atoms with Crippen LogP contribution in [0.3, 0.4) is 0 Å². The molecule has 16 heavy (non-hydrogen) atoms. The lowest BCUT2D eigenvalue weighted by Gasteiger charge is -2.16. The van der Waals surface area contributed by atoms with Gasteiger partial charge in [0, 0.05) is 11.1 Å². The van der Waals surface area contributed by atoms with Crippen LogP contribution in [0, 0.1) is 0 Å². The fraction of sp³-hybridized carbons (Fsp3) is 0.111. The largest absolute Gasteiger partial charge is 0.180 e. The van der Waals surface area contributed by atoms with Gasteiger partial charge in [-0.3, -0.25) is 0 Å². The summed E-state index contributed by atoms with van der Waals surface area (Å²) in [6.07, 6.45) is 0. The van der Waals surface area contributed by atoms with E-state index in [1.165, 1.54) is 6.07 Å². The molecule has 0 nitrogen and oxygen atoms in total. The minimum atomic E-state index is -1.44. The van der Waals surface area contributed by atoms with Crippen molar-refractivity contribution in [1.82, 2.24) is 0 Å². The third kappa shape index (κ3) is 1.75. The van der Waals surface area contributed by atoms with Crippen molar-refractivity contribution in [3.05, 3.63) is 37.3 Å². The van der Waals surface area contributed by atoms with E-state index in [2.05, 4.69) is 0 Å². The number of allylic oxidation sites excluding steroid dienone is 1. The number of hydrogen-bond donors (Lipinski definition) is 0. The third-order valence-corrected chi connectivity index (χ3v) is 5.38. The van der Waals surface area contributed by atoms with E-state index >= 15 is 0 Å². The predicted molar refractivity (Wildman–Crippen MR) is 73.5 cm³/mol. The number of benzene rings is 1. The fourth-order valence-electron chi connectivity index (χ4n) is 1.42. The quantitative estimate of drug-likeness (QED) is 0.370. The van der Waals surface area contributed by atoms with Crippen LogP contribution in [0.5, 0.6) is 0 Å². The topological polar surface area (TPSA) is 0 Å². The molecule has 0 saturated carbocycles. The smallest absolute Gasteiger partial charge is 0.0898 e. The Morgan fingerprint density at radius 1 is 0.875 bits per heavy atom. The van der Waals surface area contributed by atoms with Gasteiger partial charge in [0.2, 0.25) is 0 Å². The Hall–Kier alpha value is 0.990. The van der Waals surface area contributed by atoms with Crippen LogP contribution >= 0.6 is 81.2 Å². The molecule has 1 aromatic rings. The van der Waals surface area contributed by atoms with E-state index in [0.29, 0.717) is 11.1 Å². The molecule has 1 aliphatic rings. The predicted octanol–water partition coefficient (Wildman–Crippen LogP) is 6.44. The molecule has 1 aromatic carbocycles. The van der Waals surface area contributed by atoms with Gasteiger partial charge in [0.15, 0.2) is 4.33 Å². The van der Waals surface area contributed by atoms with Gasteiger partial charge in [-0.15, -0.1) is 0 Å². The van der Waals surface area contributed by atoms with Crippen molar-refractivity contribution < 1.29 is 0 Å². The van der Waals surface area contributed by atoms with Gasteiger partial charge in [-0.25, -0.2) is 0 Å². The van der Waals surface area contributed by atoms with Crippen LogP contribution in [0.15, 0.2) is 11.1 Å². The highest BCUT2D eigenvalue weighted by atomic mass is 35.5. The van der Waals surface area contributed by atoms with Crippen LogP contribution in [-0.4, -0.2) is 0 Å². The molecule has 1 aliphatic carbocycles. The summed E-state index contributed by atoms with van der Waals surface area (Å²) >= 11 is 41.9. The van der Waals surface area contributed by atoms with E-state index < -0.39 is 4.33 Å². The fourth-order valence-corrected chi connectivity index (χ4v) is 3.29. The van der Waals surface area contributed by atoms with Gasteiger partial charge < -0.3 is 0 Å². The lowest BCUT2D eigenvalue weighted by Crippen LogP contribution is -2.07. The second-order valence-electron chi connectivity index (χ2n) is 3.11. The summed E-state index contributed by atoms with van der Waals surface area (Å²) in [6, 6.07) is 1.50. The van der Waals surface area contributed by atoms with Gasteiger partial charge >= 0.3 is 0 Å². The molecule has 7 heteroatoms. The monoisotopic (exact) mass is 354 g/mol. The van der Waals surface area contributed by atoms with Crippen molar-refractivity contribution >= 4 is 86.2 Å². The average Bonchev–Trinajstić information content (AvgIpc) is 2.37. The summed E-state index contributed by atoms with van der Waals surface area (Å²) in [6.45, 7) is 0. The van der Waals surface area contributed by atoms with E-state index in [1.807, 2.05) is 0 Å². The highest BCUT2D eigenvalue weighted by molar-refractivity contribution is 6.66. The van der Waals surface area contributed by atoms with Gasteiger partial charge in [-0.2, -0.15) is 0 Å². The van der Waals surface area contributed by atoms with Crippen LogP contribution in [0.2, 0.25) is 15.1 Å². The number of halogens is 7. The van der Waals surface area contributed by atoms with Crippen LogP contribution in [-0.2, 0) is 4.33 Å². The summed E-state index contributed by atoms with van der Waals surface area (Å²) in [7, 11) is 0. The average molecular weight is 357 g/mol. The number of alkyl halides is 2. The van der Waals surface area contributed by atoms with Crippen molar-refractivity contribution in [3.8, 4) is 0 Å². The van der Waals surface area contributed by atoms with Crippen molar-refractivity contribution in [3.63, 3.8) is 0 Å². The van der Waals surface area contributed by atoms with E-state index in [1.54, 1.807) is 0 Å². The van der Waals surface area contributed by atoms with Crippen molar-refractivity contribution in [2.75, 3.05) is 0 Å². The first-order valence-electron chi connectivity index (χ1n) is 3.90. The molecule has 0 N–H and O–H groups in total. The Balaban J connectivity index is 2.87. The molecule has 0 fully saturated rings. The molecule has 0 heterocycles. The molecule has 0 amide bonds. The summed E-state index contributed by atoms with van der Waals surface area (Å²) in [5.74, 6) is 0. The van der Waals surface area contributed by atoms with Gasteiger partial charge in [0.25, 0.3) is 0 Å². The third-order valence-electron chi connectivity index (χ3n) is 2.19. The maximum Gasteiger partial charge on any atom is 0.180 e. The Kier molecular flexibility index (Phi) is 3.59. The van der Waals surface area contributed by atoms with E-state index in [0.717, 1.165) is 0 Å². The Morgan fingerprint density at radius 3 is 2.00 bits per heavy atom. The molecular formula is C9HCl7. The zero-order valence-electron chi connectivity index (χ0n) is 7.22. The highest BCUT2D eigenvalue weighted by Crippen LogP contribution is 2.58. The normalized spacial score (nSPS) is 17.9. The Morgan fingerprint density at radius 2 is 1.44 bits per heavy atom. The molecule has 0 saturated heterocycles. The minimum absolute atomic E-state index is 0.0905. The first-order valence-corrected chi connectivity index (χ1v) is 6.55. The maximum absolute atomic E-state index is 6.07. The van der Waals surface area contributed by atoms with E-state index in [-0.39, 0.29) is 25.1 Å². The first kappa shape index (κ1) is 13.4. The first-order chi connectivity index (χ1) is 7.28. The number of fused-ring (bicyclic) bond motifs is 1. The Labute approximate surface area is 127 Å². The summed E-state index contributed by atoms with van der Waals surface area (Å²) in [5.41, 5.74) is 0.859. The van der Waals surface area contributed by atoms with Crippen LogP contribution in [0.4, 0.5) is 0 Å². The summed E-state index contributed by atoms with van der Waals surface area (Å²) < 4.78 is -1.44. The molecule has 0 spiro atoms. The van der Waals surface area contributed by atoms with Crippen molar-refractivity contribution in [2.24, 2.45) is 0 Å².